The maximum Gasteiger partial charge on any atom is 0.119 e. The van der Waals surface area contributed by atoms with Gasteiger partial charge in [0.25, 0.3) is 0 Å². The molecule has 2 nitrogen and oxygen atoms in total. The number of hydrogen-bond acceptors (Lipinski definition) is 2. The van der Waals surface area contributed by atoms with Gasteiger partial charge in [0.05, 0.1) is 20.5 Å². The zero-order chi connectivity index (χ0) is 16.5. The quantitative estimate of drug-likeness (QED) is 0.353. The van der Waals surface area contributed by atoms with Gasteiger partial charge in [-0.2, -0.15) is 0 Å². The topological polar surface area (TPSA) is 18.5 Å². The molecule has 0 atom stereocenters. The van der Waals surface area contributed by atoms with Crippen LogP contribution in [0, 0.1) is 0 Å². The second kappa shape index (κ2) is 5.89. The summed E-state index contributed by atoms with van der Waals surface area (Å²) < 4.78 is 10.6. The van der Waals surface area contributed by atoms with E-state index in [1.54, 1.807) is 20.5 Å². The third kappa shape index (κ3) is 2.28. The van der Waals surface area contributed by atoms with Gasteiger partial charge in [0, 0.05) is 0 Å². The summed E-state index contributed by atoms with van der Waals surface area (Å²) in [7, 11) is 3.37. The summed E-state index contributed by atoms with van der Waals surface area (Å²) in [6.07, 6.45) is 3.75. The number of rotatable bonds is 3. The molecule has 0 aromatic heterocycles. The molecular weight excluding hydrogens is 296 g/mol. The van der Waals surface area contributed by atoms with E-state index in [-0.39, 0.29) is 0 Å². The Bertz CT molecular complexity index is 1080. The fourth-order valence-electron chi connectivity index (χ4n) is 3.34. The lowest BCUT2D eigenvalue weighted by Crippen LogP contribution is -1.87. The minimum Gasteiger partial charge on any atom is -0.504 e. The van der Waals surface area contributed by atoms with Crippen molar-refractivity contribution in [2.75, 3.05) is 14.2 Å². The molecule has 0 saturated heterocycles. The van der Waals surface area contributed by atoms with E-state index in [0.29, 0.717) is 0 Å². The molecule has 0 N–H and O–H groups in total. The van der Waals surface area contributed by atoms with Crippen LogP contribution >= 0.6 is 0 Å². The Kier molecular flexibility index (Phi) is 3.58. The minimum atomic E-state index is 0.866. The first-order valence-electron chi connectivity index (χ1n) is 7.93. The number of fused-ring (bicyclic) bond motifs is 5. The lowest BCUT2D eigenvalue weighted by Gasteiger charge is -2.12. The summed E-state index contributed by atoms with van der Waals surface area (Å²) in [5.74, 6) is 0.866. The molecule has 4 rings (SSSR count). The van der Waals surface area contributed by atoms with Crippen LogP contribution in [0.3, 0.4) is 0 Å². The van der Waals surface area contributed by atoms with Gasteiger partial charge in [0.2, 0.25) is 0 Å². The Balaban J connectivity index is 2.22. The predicted octanol–water partition coefficient (Wildman–Crippen LogP) is 5.77. The van der Waals surface area contributed by atoms with E-state index in [9.17, 15) is 0 Å². The van der Waals surface area contributed by atoms with Crippen LogP contribution in [-0.2, 0) is 4.74 Å². The predicted molar refractivity (Wildman–Crippen MR) is 102 cm³/mol. The van der Waals surface area contributed by atoms with Crippen molar-refractivity contribution in [3.05, 3.63) is 72.5 Å². The normalized spacial score (nSPS) is 11.6. The van der Waals surface area contributed by atoms with Gasteiger partial charge in [-0.05, 0) is 62.2 Å². The highest BCUT2D eigenvalue weighted by atomic mass is 16.5. The molecular formula is C22H18O2. The van der Waals surface area contributed by atoms with Crippen molar-refractivity contribution in [3.63, 3.8) is 0 Å². The molecule has 0 spiro atoms. The Morgan fingerprint density at radius 1 is 0.750 bits per heavy atom. The third-order valence-corrected chi connectivity index (χ3v) is 4.46. The van der Waals surface area contributed by atoms with Gasteiger partial charge in [-0.1, -0.05) is 42.5 Å². The first kappa shape index (κ1) is 14.6. The zero-order valence-corrected chi connectivity index (χ0v) is 13.7. The highest BCUT2D eigenvalue weighted by molar-refractivity contribution is 6.20. The van der Waals surface area contributed by atoms with Gasteiger partial charge in [-0.25, -0.2) is 0 Å². The van der Waals surface area contributed by atoms with E-state index >= 15 is 0 Å². The van der Waals surface area contributed by atoms with E-state index < -0.39 is 0 Å². The summed E-state index contributed by atoms with van der Waals surface area (Å²) in [5.41, 5.74) is 1.14. The van der Waals surface area contributed by atoms with Crippen LogP contribution < -0.4 is 4.74 Å². The third-order valence-electron chi connectivity index (χ3n) is 4.46. The largest absolute Gasteiger partial charge is 0.504 e. The van der Waals surface area contributed by atoms with Crippen LogP contribution in [0.1, 0.15) is 5.56 Å². The van der Waals surface area contributed by atoms with Crippen LogP contribution in [-0.4, -0.2) is 14.2 Å². The number of hydrogen-bond donors (Lipinski definition) is 0. The Morgan fingerprint density at radius 2 is 1.58 bits per heavy atom. The maximum atomic E-state index is 5.44. The summed E-state index contributed by atoms with van der Waals surface area (Å²) >= 11 is 0. The van der Waals surface area contributed by atoms with Crippen molar-refractivity contribution in [2.24, 2.45) is 0 Å². The Morgan fingerprint density at radius 3 is 2.42 bits per heavy atom. The van der Waals surface area contributed by atoms with Crippen LogP contribution in [0.2, 0.25) is 0 Å². The van der Waals surface area contributed by atoms with Gasteiger partial charge in [-0.3, -0.25) is 0 Å². The van der Waals surface area contributed by atoms with Crippen LogP contribution in [0.4, 0.5) is 0 Å². The molecule has 0 fully saturated rings. The van der Waals surface area contributed by atoms with Gasteiger partial charge in [0.15, 0.2) is 0 Å². The van der Waals surface area contributed by atoms with Crippen LogP contribution in [0.5, 0.6) is 5.75 Å². The van der Waals surface area contributed by atoms with E-state index in [4.69, 9.17) is 9.47 Å². The van der Waals surface area contributed by atoms with Crippen molar-refractivity contribution in [3.8, 4) is 5.75 Å². The number of methoxy groups -OCH3 is 2. The molecule has 0 aliphatic heterocycles. The highest BCUT2D eigenvalue weighted by Gasteiger charge is 2.09. The Hall–Kier alpha value is -3.00. The summed E-state index contributed by atoms with van der Waals surface area (Å²) in [4.78, 5) is 0. The summed E-state index contributed by atoms with van der Waals surface area (Å²) in [6, 6.07) is 21.3. The van der Waals surface area contributed by atoms with E-state index in [0.717, 1.165) is 11.3 Å². The molecule has 2 heteroatoms. The van der Waals surface area contributed by atoms with Gasteiger partial charge >= 0.3 is 0 Å². The molecule has 118 valence electrons. The molecule has 4 aromatic carbocycles. The second-order valence-electron chi connectivity index (χ2n) is 5.80. The lowest BCUT2D eigenvalue weighted by molar-refractivity contribution is 0.341. The molecule has 0 radical (unpaired) electrons. The average molecular weight is 314 g/mol. The first-order chi connectivity index (χ1) is 11.8. The van der Waals surface area contributed by atoms with E-state index in [2.05, 4.69) is 54.6 Å². The van der Waals surface area contributed by atoms with Crippen molar-refractivity contribution < 1.29 is 9.47 Å². The molecule has 0 bridgehead atoms. The number of benzene rings is 4. The molecule has 0 aliphatic rings. The number of ether oxygens (including phenoxy) is 2. The fourth-order valence-corrected chi connectivity index (χ4v) is 3.34. The van der Waals surface area contributed by atoms with Crippen LogP contribution in [0.15, 0.2) is 66.9 Å². The van der Waals surface area contributed by atoms with Gasteiger partial charge in [0.1, 0.15) is 5.75 Å². The smallest absolute Gasteiger partial charge is 0.119 e. The SMILES string of the molecule is CO/C=C/c1cc2ccccc2c2ccc3ccc(OC)cc3c12. The molecule has 0 heterocycles. The minimum absolute atomic E-state index is 0.866. The molecule has 0 amide bonds. The van der Waals surface area contributed by atoms with E-state index in [1.165, 1.54) is 32.3 Å². The summed E-state index contributed by atoms with van der Waals surface area (Å²) in [5, 5.41) is 7.33. The lowest BCUT2D eigenvalue weighted by atomic mass is 9.93. The summed E-state index contributed by atoms with van der Waals surface area (Å²) in [6.45, 7) is 0. The van der Waals surface area contributed by atoms with Crippen molar-refractivity contribution in [1.82, 2.24) is 0 Å². The molecule has 4 aromatic rings. The molecule has 0 unspecified atom stereocenters. The zero-order valence-electron chi connectivity index (χ0n) is 13.7. The van der Waals surface area contributed by atoms with Gasteiger partial charge < -0.3 is 9.47 Å². The highest BCUT2D eigenvalue weighted by Crippen LogP contribution is 2.36. The Labute approximate surface area is 140 Å². The standard InChI is InChI=1S/C22H18O2/c1-23-12-11-17-13-16-5-3-4-6-19(16)20-10-8-15-7-9-18(24-2)14-21(15)22(17)20/h3-14H,1-2H3/b12-11+. The monoisotopic (exact) mass is 314 g/mol. The van der Waals surface area contributed by atoms with E-state index in [1.807, 2.05) is 12.1 Å². The second-order valence-corrected chi connectivity index (χ2v) is 5.80. The van der Waals surface area contributed by atoms with Crippen molar-refractivity contribution >= 4 is 38.4 Å². The van der Waals surface area contributed by atoms with Crippen LogP contribution in [0.25, 0.3) is 38.4 Å². The molecule has 0 aliphatic carbocycles. The molecule has 0 saturated carbocycles. The average Bonchev–Trinajstić information content (AvgIpc) is 2.65. The first-order valence-corrected chi connectivity index (χ1v) is 7.93. The van der Waals surface area contributed by atoms with Gasteiger partial charge in [-0.15, -0.1) is 0 Å². The molecule has 24 heavy (non-hydrogen) atoms. The van der Waals surface area contributed by atoms with Crippen molar-refractivity contribution in [1.29, 1.82) is 0 Å². The van der Waals surface area contributed by atoms with Crippen molar-refractivity contribution in [2.45, 2.75) is 0 Å². The maximum absolute atomic E-state index is 5.44. The fraction of sp³-hybridized carbons (Fsp3) is 0.0909.